The van der Waals surface area contributed by atoms with E-state index in [4.69, 9.17) is 9.72 Å². The van der Waals surface area contributed by atoms with E-state index >= 15 is 4.39 Å². The van der Waals surface area contributed by atoms with Crippen LogP contribution in [0.4, 0.5) is 14.6 Å². The molecule has 8 nitrogen and oxygen atoms in total. The van der Waals surface area contributed by atoms with Gasteiger partial charge in [-0.2, -0.15) is 0 Å². The Balaban J connectivity index is 1.24. The van der Waals surface area contributed by atoms with Crippen molar-refractivity contribution in [3.63, 3.8) is 0 Å². The van der Waals surface area contributed by atoms with Crippen molar-refractivity contribution >= 4 is 11.7 Å². The number of methoxy groups -OCH3 is 1. The van der Waals surface area contributed by atoms with Gasteiger partial charge in [-0.1, -0.05) is 6.07 Å². The first kappa shape index (κ1) is 26.9. The summed E-state index contributed by atoms with van der Waals surface area (Å²) in [6.07, 6.45) is 5.73. The van der Waals surface area contributed by atoms with Crippen LogP contribution in [0.3, 0.4) is 0 Å². The maximum atomic E-state index is 15.5. The number of hydrogen-bond acceptors (Lipinski definition) is 6. The predicted octanol–water partition coefficient (Wildman–Crippen LogP) is 5.47. The van der Waals surface area contributed by atoms with Crippen LogP contribution in [0.15, 0.2) is 48.8 Å². The maximum absolute atomic E-state index is 15.5. The molecule has 216 valence electrons. The molecule has 2 aromatic carbocycles. The number of benzene rings is 2. The predicted molar refractivity (Wildman–Crippen MR) is 154 cm³/mol. The highest BCUT2D eigenvalue weighted by molar-refractivity contribution is 6.10. The minimum absolute atomic E-state index is 0.108. The topological polar surface area (TPSA) is 76.4 Å². The second kappa shape index (κ2) is 10.7. The fourth-order valence-electron chi connectivity index (χ4n) is 6.31. The highest BCUT2D eigenvalue weighted by Crippen LogP contribution is 2.43. The van der Waals surface area contributed by atoms with Crippen LogP contribution in [-0.2, 0) is 24.9 Å². The van der Waals surface area contributed by atoms with Gasteiger partial charge in [-0.05, 0) is 85.3 Å². The van der Waals surface area contributed by atoms with Gasteiger partial charge in [-0.15, -0.1) is 10.2 Å². The summed E-state index contributed by atoms with van der Waals surface area (Å²) in [6.45, 7) is 2.24. The van der Waals surface area contributed by atoms with E-state index in [0.29, 0.717) is 53.4 Å². The standard InChI is InChI=1S/C32H32F2N6O2/c1-38-18-35-37-31(38)25-14-22(33)7-8-24(25)21-12-29(20-5-6-20)36-30(13-21)40-16-27-26(32(40)41)10-19(11-28(27)34)15-39-9-3-4-23(39)17-42-2/h7-8,10-14,18,20,23H,3-6,9,15-17H2,1-2H3/t23-/m0/s1. The zero-order valence-corrected chi connectivity index (χ0v) is 23.7. The number of hydrogen-bond donors (Lipinski definition) is 0. The van der Waals surface area contributed by atoms with Crippen molar-refractivity contribution in [2.45, 2.75) is 50.7 Å². The van der Waals surface area contributed by atoms with Crippen molar-refractivity contribution in [2.75, 3.05) is 25.2 Å². The van der Waals surface area contributed by atoms with Crippen molar-refractivity contribution in [3.05, 3.63) is 82.8 Å². The Morgan fingerprint density at radius 3 is 2.64 bits per heavy atom. The number of aryl methyl sites for hydroxylation is 1. The van der Waals surface area contributed by atoms with Crippen LogP contribution < -0.4 is 4.90 Å². The number of rotatable bonds is 8. The van der Waals surface area contributed by atoms with Gasteiger partial charge in [0.1, 0.15) is 23.8 Å². The highest BCUT2D eigenvalue weighted by atomic mass is 19.1. The smallest absolute Gasteiger partial charge is 0.260 e. The Morgan fingerprint density at radius 1 is 1.02 bits per heavy atom. The second-order valence-electron chi connectivity index (χ2n) is 11.6. The minimum Gasteiger partial charge on any atom is -0.383 e. The molecule has 0 radical (unpaired) electrons. The van der Waals surface area contributed by atoms with Crippen molar-refractivity contribution < 1.29 is 18.3 Å². The number of likely N-dealkylation sites (tertiary alicyclic amines) is 1. The summed E-state index contributed by atoms with van der Waals surface area (Å²) in [6, 6.07) is 12.1. The second-order valence-corrected chi connectivity index (χ2v) is 11.6. The summed E-state index contributed by atoms with van der Waals surface area (Å²) in [7, 11) is 3.51. The minimum atomic E-state index is -0.382. The van der Waals surface area contributed by atoms with Gasteiger partial charge in [0.05, 0.1) is 13.2 Å². The fourth-order valence-corrected chi connectivity index (χ4v) is 6.31. The van der Waals surface area contributed by atoms with E-state index in [0.717, 1.165) is 54.6 Å². The fraction of sp³-hybridized carbons (Fsp3) is 0.375. The Bertz CT molecular complexity index is 1680. The molecule has 10 heteroatoms. The number of nitrogens with zero attached hydrogens (tertiary/aromatic N) is 6. The molecule has 1 amide bonds. The van der Waals surface area contributed by atoms with E-state index in [1.807, 2.05) is 25.2 Å². The van der Waals surface area contributed by atoms with Crippen LogP contribution >= 0.6 is 0 Å². The Kier molecular flexibility index (Phi) is 6.82. The highest BCUT2D eigenvalue weighted by Gasteiger charge is 2.35. The van der Waals surface area contributed by atoms with Gasteiger partial charge in [-0.25, -0.2) is 13.8 Å². The number of aromatic nitrogens is 4. The number of ether oxygens (including phenoxy) is 1. The van der Waals surface area contributed by atoms with Crippen LogP contribution in [-0.4, -0.2) is 56.9 Å². The summed E-state index contributed by atoms with van der Waals surface area (Å²) >= 11 is 0. The maximum Gasteiger partial charge on any atom is 0.260 e. The molecule has 0 N–H and O–H groups in total. The summed E-state index contributed by atoms with van der Waals surface area (Å²) < 4.78 is 37.0. The van der Waals surface area contributed by atoms with Crippen molar-refractivity contribution in [1.82, 2.24) is 24.6 Å². The third kappa shape index (κ3) is 4.88. The Morgan fingerprint density at radius 2 is 1.88 bits per heavy atom. The average Bonchev–Trinajstić information content (AvgIpc) is 3.47. The Labute approximate surface area is 243 Å². The van der Waals surface area contributed by atoms with Crippen molar-refractivity contribution in [1.29, 1.82) is 0 Å². The molecule has 2 fully saturated rings. The average molecular weight is 571 g/mol. The lowest BCUT2D eigenvalue weighted by Crippen LogP contribution is -2.32. The molecular formula is C32H32F2N6O2. The van der Waals surface area contributed by atoms with E-state index in [2.05, 4.69) is 15.1 Å². The normalized spacial score (nSPS) is 18.7. The van der Waals surface area contributed by atoms with Gasteiger partial charge in [0, 0.05) is 55.0 Å². The summed E-state index contributed by atoms with van der Waals surface area (Å²) in [5, 5.41) is 8.18. The summed E-state index contributed by atoms with van der Waals surface area (Å²) in [5.74, 6) is 0.270. The molecule has 0 unspecified atom stereocenters. The van der Waals surface area contributed by atoms with Crippen LogP contribution in [0.1, 0.15) is 58.8 Å². The van der Waals surface area contributed by atoms with Crippen LogP contribution in [0.2, 0.25) is 0 Å². The molecule has 0 bridgehead atoms. The lowest BCUT2D eigenvalue weighted by molar-refractivity contribution is 0.0995. The number of fused-ring (bicyclic) bond motifs is 1. The molecule has 2 aromatic heterocycles. The zero-order chi connectivity index (χ0) is 29.0. The monoisotopic (exact) mass is 570 g/mol. The van der Waals surface area contributed by atoms with Gasteiger partial charge in [0.15, 0.2) is 5.82 Å². The van der Waals surface area contributed by atoms with E-state index in [1.54, 1.807) is 35.0 Å². The lowest BCUT2D eigenvalue weighted by atomic mass is 9.98. The lowest BCUT2D eigenvalue weighted by Gasteiger charge is -2.24. The number of carbonyl (C=O) groups excluding carboxylic acids is 1. The number of carbonyl (C=O) groups is 1. The molecule has 0 spiro atoms. The molecule has 4 heterocycles. The molecule has 1 saturated heterocycles. The van der Waals surface area contributed by atoms with E-state index < -0.39 is 0 Å². The molecule has 1 saturated carbocycles. The first-order valence-electron chi connectivity index (χ1n) is 14.4. The van der Waals surface area contributed by atoms with E-state index in [9.17, 15) is 9.18 Å². The molecule has 1 aliphatic carbocycles. The van der Waals surface area contributed by atoms with Gasteiger partial charge in [-0.3, -0.25) is 14.6 Å². The largest absolute Gasteiger partial charge is 0.383 e. The summed E-state index contributed by atoms with van der Waals surface area (Å²) in [5.41, 5.74) is 4.57. The third-order valence-electron chi connectivity index (χ3n) is 8.64. The van der Waals surface area contributed by atoms with E-state index in [-0.39, 0.29) is 24.1 Å². The van der Waals surface area contributed by atoms with Gasteiger partial charge >= 0.3 is 0 Å². The molecule has 42 heavy (non-hydrogen) atoms. The summed E-state index contributed by atoms with van der Waals surface area (Å²) in [4.78, 5) is 22.5. The molecule has 4 aromatic rings. The first-order valence-corrected chi connectivity index (χ1v) is 14.4. The van der Waals surface area contributed by atoms with Gasteiger partial charge in [0.2, 0.25) is 0 Å². The molecule has 2 aliphatic heterocycles. The van der Waals surface area contributed by atoms with Gasteiger partial charge < -0.3 is 9.30 Å². The molecule has 7 rings (SSSR count). The first-order chi connectivity index (χ1) is 20.4. The van der Waals surface area contributed by atoms with Crippen LogP contribution in [0.5, 0.6) is 0 Å². The number of amides is 1. The number of pyridine rings is 1. The zero-order valence-electron chi connectivity index (χ0n) is 23.7. The van der Waals surface area contributed by atoms with Crippen LogP contribution in [0, 0.1) is 11.6 Å². The van der Waals surface area contributed by atoms with Gasteiger partial charge in [0.25, 0.3) is 5.91 Å². The van der Waals surface area contributed by atoms with Crippen molar-refractivity contribution in [2.24, 2.45) is 7.05 Å². The van der Waals surface area contributed by atoms with Crippen molar-refractivity contribution in [3.8, 4) is 22.5 Å². The molecular weight excluding hydrogens is 538 g/mol. The van der Waals surface area contributed by atoms with E-state index in [1.165, 1.54) is 12.1 Å². The Hall–Kier alpha value is -4.02. The quantitative estimate of drug-likeness (QED) is 0.280. The molecule has 1 atom stereocenters. The third-order valence-corrected chi connectivity index (χ3v) is 8.64. The van der Waals surface area contributed by atoms with Crippen LogP contribution in [0.25, 0.3) is 22.5 Å². The number of anilines is 1. The number of halogens is 2. The SMILES string of the molecule is COC[C@@H]1CCCN1Cc1cc(F)c2c(c1)C(=O)N(c1cc(-c3ccc(F)cc3-c3nncn3C)cc(C3CC3)n1)C2. The molecule has 3 aliphatic rings.